The molecule has 26 heavy (non-hydrogen) atoms. The Morgan fingerprint density at radius 2 is 2.08 bits per heavy atom. The predicted octanol–water partition coefficient (Wildman–Crippen LogP) is 2.51. The largest absolute Gasteiger partial charge is 0.482 e. The van der Waals surface area contributed by atoms with Gasteiger partial charge in [-0.1, -0.05) is 23.7 Å². The van der Waals surface area contributed by atoms with Gasteiger partial charge in [-0.15, -0.1) is 0 Å². The van der Waals surface area contributed by atoms with Crippen molar-refractivity contribution in [2.45, 2.75) is 0 Å². The third-order valence-corrected chi connectivity index (χ3v) is 3.62. The first-order valence-corrected chi connectivity index (χ1v) is 7.69. The van der Waals surface area contributed by atoms with Gasteiger partial charge in [-0.05, 0) is 18.2 Å². The molecule has 3 rings (SSSR count). The molecule has 9 nitrogen and oxygen atoms in total. The van der Waals surface area contributed by atoms with Crippen LogP contribution in [0.3, 0.4) is 0 Å². The lowest BCUT2D eigenvalue weighted by atomic mass is 10.1. The fraction of sp³-hybridized carbons (Fsp3) is 0.125. The van der Waals surface area contributed by atoms with Crippen molar-refractivity contribution in [3.63, 3.8) is 0 Å². The summed E-state index contributed by atoms with van der Waals surface area (Å²) < 4.78 is 15.5. The van der Waals surface area contributed by atoms with Crippen LogP contribution in [0.25, 0.3) is 0 Å². The van der Waals surface area contributed by atoms with E-state index in [1.807, 2.05) is 0 Å². The van der Waals surface area contributed by atoms with Gasteiger partial charge in [0.2, 0.25) is 6.79 Å². The van der Waals surface area contributed by atoms with Crippen LogP contribution in [0, 0.1) is 10.1 Å². The van der Waals surface area contributed by atoms with Gasteiger partial charge >= 0.3 is 0 Å². The molecule has 0 spiro atoms. The van der Waals surface area contributed by atoms with Crippen molar-refractivity contribution in [3.8, 4) is 17.2 Å². The van der Waals surface area contributed by atoms with Crippen molar-refractivity contribution in [3.05, 3.63) is 57.1 Å². The second-order valence-electron chi connectivity index (χ2n) is 5.03. The molecule has 1 aliphatic rings. The summed E-state index contributed by atoms with van der Waals surface area (Å²) in [5, 5.41) is 15.2. The van der Waals surface area contributed by atoms with E-state index in [9.17, 15) is 14.9 Å². The molecule has 0 bridgehead atoms. The second-order valence-corrected chi connectivity index (χ2v) is 5.44. The Balaban J connectivity index is 1.62. The minimum absolute atomic E-state index is 0.0107. The molecule has 0 aromatic heterocycles. The van der Waals surface area contributed by atoms with E-state index in [1.165, 1.54) is 12.1 Å². The van der Waals surface area contributed by atoms with Crippen LogP contribution in [0.2, 0.25) is 5.02 Å². The number of carbonyl (C=O) groups is 1. The van der Waals surface area contributed by atoms with E-state index in [2.05, 4.69) is 10.5 Å². The number of nitrogens with zero attached hydrogens (tertiary/aromatic N) is 2. The Hall–Kier alpha value is -3.33. The fourth-order valence-corrected chi connectivity index (χ4v) is 2.31. The molecule has 0 saturated carbocycles. The molecule has 0 unspecified atom stereocenters. The van der Waals surface area contributed by atoms with Gasteiger partial charge in [0.1, 0.15) is 5.75 Å². The average molecular weight is 378 g/mol. The lowest BCUT2D eigenvalue weighted by Gasteiger charge is -2.06. The van der Waals surface area contributed by atoms with Gasteiger partial charge in [0.05, 0.1) is 27.8 Å². The number of hydrazone groups is 1. The molecular weight excluding hydrogens is 366 g/mol. The van der Waals surface area contributed by atoms with E-state index in [0.717, 1.165) is 6.21 Å². The van der Waals surface area contributed by atoms with Crippen LogP contribution >= 0.6 is 11.6 Å². The number of halogens is 1. The average Bonchev–Trinajstić information content (AvgIpc) is 3.07. The third kappa shape index (κ3) is 4.01. The number of nitro benzene ring substituents is 1. The van der Waals surface area contributed by atoms with E-state index >= 15 is 0 Å². The summed E-state index contributed by atoms with van der Waals surface area (Å²) in [6.07, 6.45) is 1.15. The Kier molecular flexibility index (Phi) is 5.18. The van der Waals surface area contributed by atoms with E-state index in [-0.39, 0.29) is 30.4 Å². The topological polar surface area (TPSA) is 112 Å². The number of rotatable bonds is 6. The Labute approximate surface area is 152 Å². The molecule has 134 valence electrons. The van der Waals surface area contributed by atoms with Crippen LogP contribution in [0.5, 0.6) is 17.2 Å². The van der Waals surface area contributed by atoms with Gasteiger partial charge in [0, 0.05) is 0 Å². The van der Waals surface area contributed by atoms with Crippen molar-refractivity contribution >= 4 is 29.4 Å². The van der Waals surface area contributed by atoms with E-state index in [0.29, 0.717) is 16.5 Å². The number of nitrogens with one attached hydrogen (secondary N) is 1. The number of benzene rings is 2. The molecular formula is C16H12ClN3O6. The van der Waals surface area contributed by atoms with Crippen molar-refractivity contribution < 1.29 is 23.9 Å². The minimum atomic E-state index is -0.578. The molecule has 2 aromatic carbocycles. The molecule has 1 N–H and O–H groups in total. The predicted molar refractivity (Wildman–Crippen MR) is 91.9 cm³/mol. The number of nitro groups is 1. The molecule has 1 heterocycles. The van der Waals surface area contributed by atoms with Gasteiger partial charge in [-0.25, -0.2) is 5.43 Å². The molecule has 1 aliphatic heterocycles. The van der Waals surface area contributed by atoms with Gasteiger partial charge in [-0.3, -0.25) is 14.9 Å². The first kappa shape index (κ1) is 17.5. The van der Waals surface area contributed by atoms with Crippen LogP contribution < -0.4 is 19.6 Å². The fourth-order valence-electron chi connectivity index (χ4n) is 2.12. The standard InChI is InChI=1S/C16H12ClN3O6/c17-11-3-1-2-4-13(11)24-8-16(21)19-18-7-10-5-14-15(26-9-25-14)6-12(10)20(22)23/h1-7H,8-9H2,(H,19,21)/b18-7+. The van der Waals surface area contributed by atoms with Crippen molar-refractivity contribution in [1.29, 1.82) is 0 Å². The molecule has 0 saturated heterocycles. The quantitative estimate of drug-likeness (QED) is 0.470. The third-order valence-electron chi connectivity index (χ3n) is 3.31. The number of carbonyl (C=O) groups excluding carboxylic acids is 1. The number of hydrogen-bond acceptors (Lipinski definition) is 7. The molecule has 0 aliphatic carbocycles. The molecule has 0 radical (unpaired) electrons. The smallest absolute Gasteiger partial charge is 0.282 e. The van der Waals surface area contributed by atoms with Crippen LogP contribution in [0.1, 0.15) is 5.56 Å². The summed E-state index contributed by atoms with van der Waals surface area (Å²) >= 11 is 5.91. The SMILES string of the molecule is O=C(COc1ccccc1Cl)N/N=C/c1cc2c(cc1[N+](=O)[O-])OCO2. The number of ether oxygens (including phenoxy) is 3. The number of amides is 1. The van der Waals surface area contributed by atoms with Crippen LogP contribution in [0.4, 0.5) is 5.69 Å². The highest BCUT2D eigenvalue weighted by molar-refractivity contribution is 6.32. The zero-order valence-corrected chi connectivity index (χ0v) is 13.9. The second kappa shape index (κ2) is 7.70. The number of para-hydroxylation sites is 1. The monoisotopic (exact) mass is 377 g/mol. The maximum absolute atomic E-state index is 11.8. The molecule has 10 heteroatoms. The van der Waals surface area contributed by atoms with E-state index < -0.39 is 10.8 Å². The summed E-state index contributed by atoms with van der Waals surface area (Å²) in [6.45, 7) is -0.326. The molecule has 0 fully saturated rings. The van der Waals surface area contributed by atoms with E-state index in [1.54, 1.807) is 24.3 Å². The highest BCUT2D eigenvalue weighted by atomic mass is 35.5. The maximum Gasteiger partial charge on any atom is 0.282 e. The minimum Gasteiger partial charge on any atom is -0.482 e. The van der Waals surface area contributed by atoms with Crippen LogP contribution in [0.15, 0.2) is 41.5 Å². The summed E-state index contributed by atoms with van der Waals surface area (Å²) in [5.74, 6) is 0.459. The lowest BCUT2D eigenvalue weighted by Crippen LogP contribution is -2.24. The van der Waals surface area contributed by atoms with Gasteiger partial charge < -0.3 is 14.2 Å². The highest BCUT2D eigenvalue weighted by Gasteiger charge is 2.22. The highest BCUT2D eigenvalue weighted by Crippen LogP contribution is 2.37. The number of hydrogen-bond donors (Lipinski definition) is 1. The van der Waals surface area contributed by atoms with Crippen molar-refractivity contribution in [2.24, 2.45) is 5.10 Å². The van der Waals surface area contributed by atoms with Crippen LogP contribution in [-0.2, 0) is 4.79 Å². The zero-order valence-electron chi connectivity index (χ0n) is 13.2. The Bertz CT molecular complexity index is 886. The zero-order chi connectivity index (χ0) is 18.5. The van der Waals surface area contributed by atoms with Crippen molar-refractivity contribution in [1.82, 2.24) is 5.43 Å². The summed E-state index contributed by atoms with van der Waals surface area (Å²) in [4.78, 5) is 22.3. The van der Waals surface area contributed by atoms with Gasteiger partial charge in [0.25, 0.3) is 11.6 Å². The normalized spacial score (nSPS) is 12.2. The Morgan fingerprint density at radius 3 is 2.81 bits per heavy atom. The first-order chi connectivity index (χ1) is 12.5. The number of fused-ring (bicyclic) bond motifs is 1. The van der Waals surface area contributed by atoms with Gasteiger partial charge in [0.15, 0.2) is 18.1 Å². The molecule has 1 amide bonds. The van der Waals surface area contributed by atoms with Gasteiger partial charge in [-0.2, -0.15) is 5.10 Å². The summed E-state index contributed by atoms with van der Waals surface area (Å²) in [5.41, 5.74) is 2.16. The molecule has 2 aromatic rings. The molecule has 0 atom stereocenters. The Morgan fingerprint density at radius 1 is 1.35 bits per heavy atom. The summed E-state index contributed by atoms with van der Waals surface area (Å²) in [7, 11) is 0. The van der Waals surface area contributed by atoms with Crippen LogP contribution in [-0.4, -0.2) is 30.4 Å². The van der Waals surface area contributed by atoms with E-state index in [4.69, 9.17) is 25.8 Å². The van der Waals surface area contributed by atoms with Crippen molar-refractivity contribution in [2.75, 3.05) is 13.4 Å². The first-order valence-electron chi connectivity index (χ1n) is 7.32. The summed E-state index contributed by atoms with van der Waals surface area (Å²) in [6, 6.07) is 9.36. The lowest BCUT2D eigenvalue weighted by molar-refractivity contribution is -0.385. The maximum atomic E-state index is 11.8.